The lowest BCUT2D eigenvalue weighted by Crippen LogP contribution is -2.51. The van der Waals surface area contributed by atoms with Crippen LogP contribution < -0.4 is 0 Å². The minimum atomic E-state index is -0.190. The summed E-state index contributed by atoms with van der Waals surface area (Å²) < 4.78 is 12.5. The smallest absolute Gasteiger partial charge is 0.171 e. The van der Waals surface area contributed by atoms with Crippen molar-refractivity contribution in [3.05, 3.63) is 0 Å². The molecule has 0 aromatic carbocycles. The van der Waals surface area contributed by atoms with Gasteiger partial charge in [-0.3, -0.25) is 0 Å². The predicted molar refractivity (Wildman–Crippen MR) is 72.3 cm³/mol. The van der Waals surface area contributed by atoms with Gasteiger partial charge in [0.1, 0.15) is 0 Å². The normalized spacial score (nSPS) is 40.2. The summed E-state index contributed by atoms with van der Waals surface area (Å²) in [4.78, 5) is 0. The van der Waals surface area contributed by atoms with Crippen LogP contribution in [0.4, 0.5) is 0 Å². The van der Waals surface area contributed by atoms with Crippen molar-refractivity contribution in [2.24, 2.45) is 17.8 Å². The summed E-state index contributed by atoms with van der Waals surface area (Å²) in [7, 11) is 0. The fourth-order valence-electron chi connectivity index (χ4n) is 4.39. The lowest BCUT2D eigenvalue weighted by molar-refractivity contribution is -0.298. The Bertz CT molecular complexity index is 263. The molecule has 2 nitrogen and oxygen atoms in total. The molecule has 2 heteroatoms. The first-order valence-corrected chi connectivity index (χ1v) is 8.10. The summed E-state index contributed by atoms with van der Waals surface area (Å²) in [6, 6.07) is 0. The highest BCUT2D eigenvalue weighted by atomic mass is 16.7. The van der Waals surface area contributed by atoms with Gasteiger partial charge >= 0.3 is 0 Å². The van der Waals surface area contributed by atoms with Crippen molar-refractivity contribution in [2.45, 2.75) is 70.5 Å². The molecule has 2 aliphatic carbocycles. The minimum absolute atomic E-state index is 0.190. The summed E-state index contributed by atoms with van der Waals surface area (Å²) in [5.74, 6) is 2.36. The number of rotatable bonds is 1. The second-order valence-electron chi connectivity index (χ2n) is 6.65. The lowest BCUT2D eigenvalue weighted by Gasteiger charge is -2.51. The molecule has 0 aromatic heterocycles. The van der Waals surface area contributed by atoms with E-state index in [1.54, 1.807) is 0 Å². The van der Waals surface area contributed by atoms with E-state index >= 15 is 0 Å². The van der Waals surface area contributed by atoms with Crippen LogP contribution in [0.3, 0.4) is 0 Å². The number of fused-ring (bicyclic) bond motifs is 3. The quantitative estimate of drug-likeness (QED) is 0.698. The van der Waals surface area contributed by atoms with Crippen LogP contribution in [-0.4, -0.2) is 19.0 Å². The fourth-order valence-corrected chi connectivity index (χ4v) is 4.39. The van der Waals surface area contributed by atoms with Gasteiger partial charge in [0, 0.05) is 12.3 Å². The van der Waals surface area contributed by atoms with Crippen molar-refractivity contribution in [3.63, 3.8) is 0 Å². The molecule has 3 rings (SSSR count). The highest BCUT2D eigenvalue weighted by molar-refractivity contribution is 4.93. The first-order chi connectivity index (χ1) is 8.82. The predicted octanol–water partition coefficient (Wildman–Crippen LogP) is 4.14. The molecule has 1 heterocycles. The Morgan fingerprint density at radius 3 is 2.50 bits per heavy atom. The van der Waals surface area contributed by atoms with Crippen molar-refractivity contribution in [1.82, 2.24) is 0 Å². The van der Waals surface area contributed by atoms with Crippen LogP contribution in [0.25, 0.3) is 0 Å². The van der Waals surface area contributed by atoms with Crippen molar-refractivity contribution < 1.29 is 9.47 Å². The van der Waals surface area contributed by atoms with Gasteiger partial charge in [-0.15, -0.1) is 0 Å². The summed E-state index contributed by atoms with van der Waals surface area (Å²) >= 11 is 0. The molecule has 1 aliphatic heterocycles. The molecule has 0 aromatic rings. The van der Waals surface area contributed by atoms with E-state index < -0.39 is 0 Å². The van der Waals surface area contributed by atoms with Crippen LogP contribution in [0, 0.1) is 17.8 Å². The van der Waals surface area contributed by atoms with E-state index in [0.29, 0.717) is 5.92 Å². The molecule has 104 valence electrons. The molecule has 2 bridgehead atoms. The molecule has 0 N–H and O–H groups in total. The van der Waals surface area contributed by atoms with Gasteiger partial charge in [0.05, 0.1) is 13.2 Å². The zero-order chi connectivity index (χ0) is 12.4. The minimum Gasteiger partial charge on any atom is -0.350 e. The van der Waals surface area contributed by atoms with Gasteiger partial charge in [-0.2, -0.15) is 0 Å². The van der Waals surface area contributed by atoms with E-state index in [0.717, 1.165) is 31.5 Å². The summed E-state index contributed by atoms with van der Waals surface area (Å²) in [5, 5.41) is 0. The molecule has 0 amide bonds. The molecular formula is C16H28O2. The van der Waals surface area contributed by atoms with Gasteiger partial charge in [0.15, 0.2) is 5.79 Å². The van der Waals surface area contributed by atoms with Crippen molar-refractivity contribution >= 4 is 0 Å². The highest BCUT2D eigenvalue weighted by Gasteiger charge is 2.48. The molecule has 0 radical (unpaired) electrons. The summed E-state index contributed by atoms with van der Waals surface area (Å²) in [6.07, 6.45) is 11.7. The van der Waals surface area contributed by atoms with Gasteiger partial charge in [0.25, 0.3) is 0 Å². The zero-order valence-electron chi connectivity index (χ0n) is 11.8. The highest BCUT2D eigenvalue weighted by Crippen LogP contribution is 2.50. The van der Waals surface area contributed by atoms with Crippen molar-refractivity contribution in [1.29, 1.82) is 0 Å². The zero-order valence-corrected chi connectivity index (χ0v) is 11.8. The number of hydrogen-bond acceptors (Lipinski definition) is 2. The summed E-state index contributed by atoms with van der Waals surface area (Å²) in [5.41, 5.74) is 0. The monoisotopic (exact) mass is 252 g/mol. The van der Waals surface area contributed by atoms with Gasteiger partial charge < -0.3 is 9.47 Å². The number of ether oxygens (including phenoxy) is 2. The first-order valence-electron chi connectivity index (χ1n) is 8.10. The molecule has 1 saturated heterocycles. The molecule has 3 atom stereocenters. The Balaban J connectivity index is 1.73. The molecule has 18 heavy (non-hydrogen) atoms. The molecule has 3 fully saturated rings. The van der Waals surface area contributed by atoms with Gasteiger partial charge in [-0.05, 0) is 56.8 Å². The van der Waals surface area contributed by atoms with Gasteiger partial charge in [-0.25, -0.2) is 0 Å². The number of hydrogen-bond donors (Lipinski definition) is 0. The van der Waals surface area contributed by atoms with E-state index in [1.807, 2.05) is 0 Å². The van der Waals surface area contributed by atoms with Crippen molar-refractivity contribution in [3.8, 4) is 0 Å². The second-order valence-corrected chi connectivity index (χ2v) is 6.65. The van der Waals surface area contributed by atoms with Gasteiger partial charge in [0.2, 0.25) is 0 Å². The Labute approximate surface area is 111 Å². The maximum absolute atomic E-state index is 6.27. The van der Waals surface area contributed by atoms with E-state index in [2.05, 4.69) is 6.92 Å². The summed E-state index contributed by atoms with van der Waals surface area (Å²) in [6.45, 7) is 4.17. The lowest BCUT2D eigenvalue weighted by atomic mass is 9.64. The van der Waals surface area contributed by atoms with E-state index in [1.165, 1.54) is 51.4 Å². The molecule has 2 saturated carbocycles. The maximum Gasteiger partial charge on any atom is 0.171 e. The third kappa shape index (κ3) is 2.46. The molecule has 3 aliphatic rings. The SMILES string of the molecule is CCC1CC2CCC3(OCCCCCO3)C(C1)C2. The first kappa shape index (κ1) is 12.9. The third-order valence-electron chi connectivity index (χ3n) is 5.48. The standard InChI is InChI=1S/C16H28O2/c1-2-13-10-14-6-7-16(15(11-13)12-14)17-8-4-3-5-9-18-16/h13-15H,2-12H2,1H3. The molecular weight excluding hydrogens is 224 g/mol. The van der Waals surface area contributed by atoms with Crippen LogP contribution in [0.15, 0.2) is 0 Å². The second kappa shape index (κ2) is 5.50. The van der Waals surface area contributed by atoms with E-state index in [9.17, 15) is 0 Å². The Morgan fingerprint density at radius 1 is 1.00 bits per heavy atom. The van der Waals surface area contributed by atoms with Crippen LogP contribution in [0.1, 0.15) is 64.7 Å². The topological polar surface area (TPSA) is 18.5 Å². The Kier molecular flexibility index (Phi) is 3.95. The van der Waals surface area contributed by atoms with Gasteiger partial charge in [-0.1, -0.05) is 13.3 Å². The molecule has 3 unspecified atom stereocenters. The Morgan fingerprint density at radius 2 is 1.78 bits per heavy atom. The van der Waals surface area contributed by atoms with Crippen LogP contribution in [-0.2, 0) is 9.47 Å². The average Bonchev–Trinajstić information content (AvgIpc) is 2.37. The van der Waals surface area contributed by atoms with Crippen molar-refractivity contribution in [2.75, 3.05) is 13.2 Å². The van der Waals surface area contributed by atoms with Crippen LogP contribution in [0.2, 0.25) is 0 Å². The van der Waals surface area contributed by atoms with E-state index in [-0.39, 0.29) is 5.79 Å². The third-order valence-corrected chi connectivity index (χ3v) is 5.48. The average molecular weight is 252 g/mol. The molecule has 1 spiro atoms. The van der Waals surface area contributed by atoms with Crippen LogP contribution >= 0.6 is 0 Å². The van der Waals surface area contributed by atoms with Crippen LogP contribution in [0.5, 0.6) is 0 Å². The van der Waals surface area contributed by atoms with E-state index in [4.69, 9.17) is 9.47 Å². The Hall–Kier alpha value is -0.0800. The maximum atomic E-state index is 6.27. The fraction of sp³-hybridized carbons (Fsp3) is 1.00. The largest absolute Gasteiger partial charge is 0.350 e.